The third-order valence-corrected chi connectivity index (χ3v) is 7.65. The largest absolute Gasteiger partial charge is 0.339 e. The van der Waals surface area contributed by atoms with E-state index in [0.29, 0.717) is 38.1 Å². The summed E-state index contributed by atoms with van der Waals surface area (Å²) in [4.78, 5) is 14.8. The Kier molecular flexibility index (Phi) is 5.82. The number of rotatable bonds is 4. The highest BCUT2D eigenvalue weighted by Crippen LogP contribution is 2.31. The Morgan fingerprint density at radius 1 is 1.00 bits per heavy atom. The average molecular weight is 405 g/mol. The number of hydrogen-bond acceptors (Lipinski definition) is 5. The van der Waals surface area contributed by atoms with Gasteiger partial charge in [-0.3, -0.25) is 10.2 Å². The van der Waals surface area contributed by atoms with Crippen molar-refractivity contribution in [1.29, 1.82) is 0 Å². The van der Waals surface area contributed by atoms with E-state index in [1.165, 1.54) is 22.6 Å². The summed E-state index contributed by atoms with van der Waals surface area (Å²) in [6.07, 6.45) is 6.18. The number of hydrogen-bond donors (Lipinski definition) is 2. The van der Waals surface area contributed by atoms with Crippen LogP contribution in [0.2, 0.25) is 0 Å². The van der Waals surface area contributed by atoms with Crippen molar-refractivity contribution >= 4 is 22.0 Å². The predicted octanol–water partition coefficient (Wildman–Crippen LogP) is 1.17. The number of fused-ring (bicyclic) bond motifs is 1. The molecule has 2 N–H and O–H groups in total. The molecule has 3 aliphatic rings. The van der Waals surface area contributed by atoms with Crippen molar-refractivity contribution in [2.45, 2.75) is 37.8 Å². The third kappa shape index (κ3) is 4.15. The number of piperazine rings is 1. The Balaban J connectivity index is 1.34. The first kappa shape index (κ1) is 19.6. The minimum absolute atomic E-state index is 0.0961. The van der Waals surface area contributed by atoms with Gasteiger partial charge >= 0.3 is 0 Å². The smallest absolute Gasteiger partial charge is 0.241 e. The van der Waals surface area contributed by atoms with Crippen molar-refractivity contribution in [1.82, 2.24) is 20.1 Å². The number of nitrogens with zero attached hydrogens (tertiary/aromatic N) is 2. The molecule has 0 spiro atoms. The standard InChI is InChI=1S/C20H28N4O3S/c25-20(19-17-8-4-5-9-18(17)21-22-19)23-11-13-24(14-12-23)28(26,27)15-10-16-6-2-1-3-7-16/h1-3,6-7,10,15,17-19,21-22H,4-5,8-9,11-14H2/b15-10+. The quantitative estimate of drug-likeness (QED) is 0.787. The first-order chi connectivity index (χ1) is 13.5. The van der Waals surface area contributed by atoms with E-state index in [9.17, 15) is 13.2 Å². The third-order valence-electron chi connectivity index (χ3n) is 6.08. The van der Waals surface area contributed by atoms with Crippen molar-refractivity contribution < 1.29 is 13.2 Å². The van der Waals surface area contributed by atoms with Gasteiger partial charge in [-0.05, 0) is 24.5 Å². The van der Waals surface area contributed by atoms with Gasteiger partial charge in [0.1, 0.15) is 6.04 Å². The molecular formula is C20H28N4O3S. The molecule has 0 radical (unpaired) electrons. The van der Waals surface area contributed by atoms with Gasteiger partial charge in [0.2, 0.25) is 15.9 Å². The molecule has 3 unspecified atom stereocenters. The number of hydrazine groups is 1. The molecule has 1 amide bonds. The minimum Gasteiger partial charge on any atom is -0.339 e. The highest BCUT2D eigenvalue weighted by molar-refractivity contribution is 7.92. The van der Waals surface area contributed by atoms with Gasteiger partial charge in [0.05, 0.1) is 0 Å². The summed E-state index contributed by atoms with van der Waals surface area (Å²) in [5.41, 5.74) is 7.32. The summed E-state index contributed by atoms with van der Waals surface area (Å²) in [6, 6.07) is 9.57. The fourth-order valence-electron chi connectivity index (χ4n) is 4.46. The zero-order chi connectivity index (χ0) is 19.6. The molecule has 1 aromatic rings. The second kappa shape index (κ2) is 8.32. The molecule has 2 aliphatic heterocycles. The molecule has 2 saturated heterocycles. The van der Waals surface area contributed by atoms with E-state index in [4.69, 9.17) is 0 Å². The van der Waals surface area contributed by atoms with Crippen molar-refractivity contribution in [3.05, 3.63) is 41.3 Å². The predicted molar refractivity (Wildman–Crippen MR) is 108 cm³/mol. The second-order valence-electron chi connectivity index (χ2n) is 7.80. The summed E-state index contributed by atoms with van der Waals surface area (Å²) in [7, 11) is -3.48. The molecule has 1 saturated carbocycles. The molecule has 7 nitrogen and oxygen atoms in total. The van der Waals surface area contributed by atoms with E-state index < -0.39 is 10.0 Å². The Labute approximate surface area is 166 Å². The molecule has 8 heteroatoms. The summed E-state index contributed by atoms with van der Waals surface area (Å²) in [6.45, 7) is 1.54. The van der Waals surface area contributed by atoms with Crippen LogP contribution in [0.4, 0.5) is 0 Å². The number of carbonyl (C=O) groups is 1. The number of amides is 1. The van der Waals surface area contributed by atoms with Crippen LogP contribution >= 0.6 is 0 Å². The molecule has 152 valence electrons. The van der Waals surface area contributed by atoms with Crippen LogP contribution in [0.1, 0.15) is 31.2 Å². The van der Waals surface area contributed by atoms with Crippen molar-refractivity contribution in [3.8, 4) is 0 Å². The molecule has 1 aliphatic carbocycles. The lowest BCUT2D eigenvalue weighted by Crippen LogP contribution is -2.55. The van der Waals surface area contributed by atoms with Gasteiger partial charge in [-0.1, -0.05) is 43.2 Å². The summed E-state index contributed by atoms with van der Waals surface area (Å²) in [5.74, 6) is 0.440. The monoisotopic (exact) mass is 404 g/mol. The summed E-state index contributed by atoms with van der Waals surface area (Å²) < 4.78 is 26.6. The average Bonchev–Trinajstić information content (AvgIpc) is 3.17. The van der Waals surface area contributed by atoms with Gasteiger partial charge in [-0.25, -0.2) is 13.8 Å². The van der Waals surface area contributed by atoms with Crippen LogP contribution < -0.4 is 10.9 Å². The molecule has 28 heavy (non-hydrogen) atoms. The minimum atomic E-state index is -3.48. The Morgan fingerprint density at radius 2 is 1.71 bits per heavy atom. The molecule has 1 aromatic carbocycles. The van der Waals surface area contributed by atoms with E-state index in [0.717, 1.165) is 18.4 Å². The van der Waals surface area contributed by atoms with Crippen LogP contribution in [-0.4, -0.2) is 61.8 Å². The van der Waals surface area contributed by atoms with Gasteiger partial charge in [0.15, 0.2) is 0 Å². The topological polar surface area (TPSA) is 81.8 Å². The zero-order valence-corrected chi connectivity index (χ0v) is 16.8. The highest BCUT2D eigenvalue weighted by Gasteiger charge is 2.43. The van der Waals surface area contributed by atoms with E-state index in [2.05, 4.69) is 10.9 Å². The Morgan fingerprint density at radius 3 is 2.46 bits per heavy atom. The van der Waals surface area contributed by atoms with Crippen LogP contribution in [0.3, 0.4) is 0 Å². The van der Waals surface area contributed by atoms with E-state index in [1.807, 2.05) is 35.2 Å². The second-order valence-corrected chi connectivity index (χ2v) is 9.62. The number of carbonyl (C=O) groups excluding carboxylic acids is 1. The van der Waals surface area contributed by atoms with Gasteiger partial charge < -0.3 is 4.90 Å². The number of nitrogens with one attached hydrogen (secondary N) is 2. The van der Waals surface area contributed by atoms with Crippen molar-refractivity contribution in [2.75, 3.05) is 26.2 Å². The maximum atomic E-state index is 13.0. The number of sulfonamides is 1. The van der Waals surface area contributed by atoms with Crippen LogP contribution in [0.5, 0.6) is 0 Å². The molecular weight excluding hydrogens is 376 g/mol. The van der Waals surface area contributed by atoms with Gasteiger partial charge in [0, 0.05) is 43.5 Å². The lowest BCUT2D eigenvalue weighted by molar-refractivity contribution is -0.135. The fourth-order valence-corrected chi connectivity index (χ4v) is 5.63. The Hall–Kier alpha value is -1.74. The van der Waals surface area contributed by atoms with Crippen LogP contribution in [-0.2, 0) is 14.8 Å². The molecule has 0 aromatic heterocycles. The first-order valence-electron chi connectivity index (χ1n) is 10.1. The first-order valence-corrected chi connectivity index (χ1v) is 11.6. The van der Waals surface area contributed by atoms with Gasteiger partial charge in [-0.15, -0.1) is 0 Å². The zero-order valence-electron chi connectivity index (χ0n) is 16.0. The normalized spacial score (nSPS) is 29.1. The lowest BCUT2D eigenvalue weighted by atomic mass is 9.81. The van der Waals surface area contributed by atoms with Crippen LogP contribution in [0.15, 0.2) is 35.7 Å². The molecule has 3 fully saturated rings. The van der Waals surface area contributed by atoms with Gasteiger partial charge in [0.25, 0.3) is 0 Å². The van der Waals surface area contributed by atoms with Gasteiger partial charge in [-0.2, -0.15) is 4.31 Å². The van der Waals surface area contributed by atoms with E-state index in [-0.39, 0.29) is 11.9 Å². The summed E-state index contributed by atoms with van der Waals surface area (Å²) >= 11 is 0. The van der Waals surface area contributed by atoms with Crippen molar-refractivity contribution in [3.63, 3.8) is 0 Å². The molecule has 4 rings (SSSR count). The van der Waals surface area contributed by atoms with Crippen molar-refractivity contribution in [2.24, 2.45) is 5.92 Å². The molecule has 0 bridgehead atoms. The molecule has 2 heterocycles. The van der Waals surface area contributed by atoms with Crippen LogP contribution in [0, 0.1) is 5.92 Å². The fraction of sp³-hybridized carbons (Fsp3) is 0.550. The van der Waals surface area contributed by atoms with E-state index in [1.54, 1.807) is 6.08 Å². The van der Waals surface area contributed by atoms with E-state index >= 15 is 0 Å². The maximum Gasteiger partial charge on any atom is 0.241 e. The maximum absolute atomic E-state index is 13.0. The number of benzene rings is 1. The lowest BCUT2D eigenvalue weighted by Gasteiger charge is -2.36. The summed E-state index contributed by atoms with van der Waals surface area (Å²) in [5, 5.41) is 1.26. The highest BCUT2D eigenvalue weighted by atomic mass is 32.2. The molecule has 3 atom stereocenters. The van der Waals surface area contributed by atoms with Crippen LogP contribution in [0.25, 0.3) is 6.08 Å². The SMILES string of the molecule is O=C(C1NNC2CCCCC21)N1CCN(S(=O)(=O)/C=C/c2ccccc2)CC1. The Bertz CT molecular complexity index is 819.